The van der Waals surface area contributed by atoms with Crippen LogP contribution >= 0.6 is 0 Å². The molecule has 3 N–H and O–H groups in total. The first kappa shape index (κ1) is 16.5. The molecule has 1 saturated heterocycles. The lowest BCUT2D eigenvalue weighted by molar-refractivity contribution is -0.124. The van der Waals surface area contributed by atoms with E-state index >= 15 is 0 Å². The quantitative estimate of drug-likeness (QED) is 0.743. The zero-order valence-corrected chi connectivity index (χ0v) is 13.2. The molecular weight excluding hydrogens is 313 g/mol. The smallest absolute Gasteiger partial charge is 0.234 e. The second-order valence-corrected chi connectivity index (χ2v) is 6.10. The molecule has 0 aliphatic carbocycles. The molecule has 1 aliphatic heterocycles. The summed E-state index contributed by atoms with van der Waals surface area (Å²) in [6.07, 6.45) is 2.87. The zero-order chi connectivity index (χ0) is 17.0. The molecular formula is C16H20FN5O2. The lowest BCUT2D eigenvalue weighted by atomic mass is 9.90. The van der Waals surface area contributed by atoms with Crippen molar-refractivity contribution in [2.75, 3.05) is 19.6 Å². The van der Waals surface area contributed by atoms with Crippen molar-refractivity contribution in [1.82, 2.24) is 25.6 Å². The number of nitrogens with one attached hydrogen (secondary N) is 2. The number of hydrogen-bond acceptors (Lipinski definition) is 5. The van der Waals surface area contributed by atoms with Crippen molar-refractivity contribution < 1.29 is 14.3 Å². The number of benzene rings is 1. The molecule has 1 aromatic carbocycles. The number of amides is 1. The van der Waals surface area contributed by atoms with Crippen molar-refractivity contribution in [1.29, 1.82) is 0 Å². The SMILES string of the molecule is O=C(CN1CCC[C@](O)(c2cn[nH]n2)C1)NCc1ccc(F)cc1. The van der Waals surface area contributed by atoms with Gasteiger partial charge < -0.3 is 10.4 Å². The topological polar surface area (TPSA) is 94.1 Å². The highest BCUT2D eigenvalue weighted by Crippen LogP contribution is 2.29. The minimum absolute atomic E-state index is 0.135. The molecule has 8 heteroatoms. The molecule has 1 aromatic heterocycles. The molecule has 24 heavy (non-hydrogen) atoms. The summed E-state index contributed by atoms with van der Waals surface area (Å²) in [6.45, 7) is 1.62. The molecule has 0 bridgehead atoms. The predicted molar refractivity (Wildman–Crippen MR) is 84.2 cm³/mol. The average molecular weight is 333 g/mol. The van der Waals surface area contributed by atoms with E-state index in [-0.39, 0.29) is 18.3 Å². The van der Waals surface area contributed by atoms with Crippen LogP contribution < -0.4 is 5.32 Å². The van der Waals surface area contributed by atoms with Gasteiger partial charge in [0.25, 0.3) is 0 Å². The van der Waals surface area contributed by atoms with Crippen LogP contribution in [-0.4, -0.2) is 51.0 Å². The fraction of sp³-hybridized carbons (Fsp3) is 0.438. The van der Waals surface area contributed by atoms with Crippen molar-refractivity contribution in [2.24, 2.45) is 0 Å². The van der Waals surface area contributed by atoms with Crippen molar-refractivity contribution in [2.45, 2.75) is 25.0 Å². The van der Waals surface area contributed by atoms with Crippen LogP contribution in [0.1, 0.15) is 24.1 Å². The lowest BCUT2D eigenvalue weighted by Crippen LogP contribution is -2.49. The fourth-order valence-corrected chi connectivity index (χ4v) is 2.95. The molecule has 0 radical (unpaired) electrons. The lowest BCUT2D eigenvalue weighted by Gasteiger charge is -2.37. The Morgan fingerprint density at radius 2 is 2.21 bits per heavy atom. The summed E-state index contributed by atoms with van der Waals surface area (Å²) in [5.41, 5.74) is 0.254. The Labute approximate surface area is 138 Å². The number of nitrogens with zero attached hydrogens (tertiary/aromatic N) is 3. The highest BCUT2D eigenvalue weighted by molar-refractivity contribution is 5.78. The van der Waals surface area contributed by atoms with E-state index in [2.05, 4.69) is 20.7 Å². The molecule has 2 heterocycles. The summed E-state index contributed by atoms with van der Waals surface area (Å²) in [7, 11) is 0. The second kappa shape index (κ2) is 7.06. The normalized spacial score (nSPS) is 21.6. The average Bonchev–Trinajstić information content (AvgIpc) is 3.10. The number of aromatic nitrogens is 3. The minimum atomic E-state index is -1.08. The highest BCUT2D eigenvalue weighted by Gasteiger charge is 2.37. The number of carbonyl (C=O) groups is 1. The Hall–Kier alpha value is -2.32. The molecule has 7 nitrogen and oxygen atoms in total. The van der Waals surface area contributed by atoms with Gasteiger partial charge in [-0.3, -0.25) is 9.69 Å². The van der Waals surface area contributed by atoms with Crippen LogP contribution in [-0.2, 0) is 16.9 Å². The molecule has 3 rings (SSSR count). The highest BCUT2D eigenvalue weighted by atomic mass is 19.1. The van der Waals surface area contributed by atoms with Gasteiger partial charge >= 0.3 is 0 Å². The van der Waals surface area contributed by atoms with E-state index in [0.29, 0.717) is 25.2 Å². The molecule has 2 aromatic rings. The summed E-state index contributed by atoms with van der Waals surface area (Å²) in [5, 5.41) is 23.7. The van der Waals surface area contributed by atoms with E-state index in [9.17, 15) is 14.3 Å². The van der Waals surface area contributed by atoms with E-state index in [0.717, 1.165) is 18.5 Å². The van der Waals surface area contributed by atoms with Gasteiger partial charge in [-0.1, -0.05) is 12.1 Å². The maximum absolute atomic E-state index is 12.9. The third kappa shape index (κ3) is 3.95. The number of likely N-dealkylation sites (tertiary alicyclic amines) is 1. The van der Waals surface area contributed by atoms with Crippen LogP contribution in [0.3, 0.4) is 0 Å². The van der Waals surface area contributed by atoms with E-state index in [4.69, 9.17) is 0 Å². The monoisotopic (exact) mass is 333 g/mol. The standard InChI is InChI=1S/C16H20FN5O2/c17-13-4-2-12(3-5-13)8-18-15(23)10-22-7-1-6-16(24,11-22)14-9-19-21-20-14/h2-5,9,24H,1,6-8,10-11H2,(H,18,23)(H,19,20,21)/t16-/m1/s1. The number of hydrogen-bond donors (Lipinski definition) is 3. The zero-order valence-electron chi connectivity index (χ0n) is 13.2. The maximum Gasteiger partial charge on any atom is 0.234 e. The summed E-state index contributed by atoms with van der Waals surface area (Å²) < 4.78 is 12.9. The van der Waals surface area contributed by atoms with Gasteiger partial charge in [-0.25, -0.2) is 4.39 Å². The number of H-pyrrole nitrogens is 1. The Bertz CT molecular complexity index is 676. The van der Waals surface area contributed by atoms with E-state index in [1.807, 2.05) is 4.90 Å². The number of rotatable bonds is 5. The van der Waals surface area contributed by atoms with Crippen LogP contribution in [0.15, 0.2) is 30.5 Å². The van der Waals surface area contributed by atoms with Crippen LogP contribution in [0.25, 0.3) is 0 Å². The molecule has 128 valence electrons. The fourth-order valence-electron chi connectivity index (χ4n) is 2.95. The van der Waals surface area contributed by atoms with Gasteiger partial charge in [0.1, 0.15) is 17.1 Å². The Balaban J connectivity index is 1.51. The van der Waals surface area contributed by atoms with Crippen molar-refractivity contribution in [3.05, 3.63) is 47.5 Å². The van der Waals surface area contributed by atoms with Crippen LogP contribution in [0.2, 0.25) is 0 Å². The molecule has 1 fully saturated rings. The number of aliphatic hydroxyl groups is 1. The number of carbonyl (C=O) groups excluding carboxylic acids is 1. The summed E-state index contributed by atoms with van der Waals surface area (Å²) in [4.78, 5) is 14.0. The van der Waals surface area contributed by atoms with Gasteiger partial charge in [0.05, 0.1) is 12.7 Å². The number of piperidine rings is 1. The van der Waals surface area contributed by atoms with Crippen LogP contribution in [0.5, 0.6) is 0 Å². The van der Waals surface area contributed by atoms with Gasteiger partial charge in [0.2, 0.25) is 5.91 Å². The van der Waals surface area contributed by atoms with E-state index in [1.165, 1.54) is 18.3 Å². The second-order valence-electron chi connectivity index (χ2n) is 6.10. The first-order chi connectivity index (χ1) is 11.5. The van der Waals surface area contributed by atoms with E-state index < -0.39 is 5.60 Å². The Morgan fingerprint density at radius 1 is 1.42 bits per heavy atom. The summed E-state index contributed by atoms with van der Waals surface area (Å²) in [5.74, 6) is -0.436. The third-order valence-electron chi connectivity index (χ3n) is 4.21. The molecule has 1 aliphatic rings. The third-order valence-corrected chi connectivity index (χ3v) is 4.21. The molecule has 0 spiro atoms. The van der Waals surface area contributed by atoms with Crippen LogP contribution in [0.4, 0.5) is 4.39 Å². The Kier molecular flexibility index (Phi) is 4.86. The number of halogens is 1. The van der Waals surface area contributed by atoms with Gasteiger partial charge in [0.15, 0.2) is 0 Å². The van der Waals surface area contributed by atoms with E-state index in [1.54, 1.807) is 12.1 Å². The maximum atomic E-state index is 12.9. The number of aromatic amines is 1. The van der Waals surface area contributed by atoms with Crippen molar-refractivity contribution in [3.63, 3.8) is 0 Å². The van der Waals surface area contributed by atoms with Gasteiger partial charge in [0, 0.05) is 13.1 Å². The number of β-amino-alcohol motifs (C(OH)–C–C–N with tert-alkyl or cyclic N) is 1. The van der Waals surface area contributed by atoms with Crippen LogP contribution in [0, 0.1) is 5.82 Å². The largest absolute Gasteiger partial charge is 0.382 e. The van der Waals surface area contributed by atoms with Gasteiger partial charge in [-0.2, -0.15) is 15.4 Å². The predicted octanol–water partition coefficient (Wildman–Crippen LogP) is 0.544. The van der Waals surface area contributed by atoms with Gasteiger partial charge in [-0.05, 0) is 37.1 Å². The summed E-state index contributed by atoms with van der Waals surface area (Å²) >= 11 is 0. The molecule has 0 unspecified atom stereocenters. The minimum Gasteiger partial charge on any atom is -0.382 e. The molecule has 0 saturated carbocycles. The summed E-state index contributed by atoms with van der Waals surface area (Å²) in [6, 6.07) is 6.01. The first-order valence-corrected chi connectivity index (χ1v) is 7.87. The Morgan fingerprint density at radius 3 is 2.92 bits per heavy atom. The first-order valence-electron chi connectivity index (χ1n) is 7.87. The molecule has 1 amide bonds. The van der Waals surface area contributed by atoms with Crippen molar-refractivity contribution in [3.8, 4) is 0 Å². The molecule has 1 atom stereocenters. The van der Waals surface area contributed by atoms with Gasteiger partial charge in [-0.15, -0.1) is 0 Å². The van der Waals surface area contributed by atoms with Crippen molar-refractivity contribution >= 4 is 5.91 Å².